The third-order valence-corrected chi connectivity index (χ3v) is 5.45. The van der Waals surface area contributed by atoms with Crippen LogP contribution in [0.3, 0.4) is 0 Å². The standard InChI is InChI=1S/C21H41NO2/c1-7-10-13-18-14-17-22(19(23)24-20(4,5)6)21(18,15-11-8-2)16-12-9-3/h18H,7-17H2,1-6H3. The lowest BCUT2D eigenvalue weighted by molar-refractivity contribution is -0.00471. The van der Waals surface area contributed by atoms with Crippen molar-refractivity contribution in [2.24, 2.45) is 5.92 Å². The summed E-state index contributed by atoms with van der Waals surface area (Å²) < 4.78 is 5.78. The largest absolute Gasteiger partial charge is 0.444 e. The van der Waals surface area contributed by atoms with E-state index in [2.05, 4.69) is 25.7 Å². The molecule has 0 aromatic carbocycles. The molecule has 1 aliphatic heterocycles. The zero-order valence-electron chi connectivity index (χ0n) is 17.1. The first kappa shape index (κ1) is 21.3. The second-order valence-electron chi connectivity index (χ2n) is 8.57. The van der Waals surface area contributed by atoms with Crippen molar-refractivity contribution in [3.8, 4) is 0 Å². The summed E-state index contributed by atoms with van der Waals surface area (Å²) in [7, 11) is 0. The minimum atomic E-state index is -0.417. The van der Waals surface area contributed by atoms with Gasteiger partial charge in [0.15, 0.2) is 0 Å². The van der Waals surface area contributed by atoms with E-state index >= 15 is 0 Å². The van der Waals surface area contributed by atoms with Gasteiger partial charge in [-0.05, 0) is 52.4 Å². The fraction of sp³-hybridized carbons (Fsp3) is 0.952. The Morgan fingerprint density at radius 2 is 1.58 bits per heavy atom. The summed E-state index contributed by atoms with van der Waals surface area (Å²) in [6, 6.07) is 0. The molecule has 0 aromatic rings. The smallest absolute Gasteiger partial charge is 0.410 e. The molecular formula is C21H41NO2. The van der Waals surface area contributed by atoms with Gasteiger partial charge in [0.05, 0.1) is 0 Å². The number of hydrogen-bond donors (Lipinski definition) is 0. The average molecular weight is 340 g/mol. The molecule has 0 aliphatic carbocycles. The van der Waals surface area contributed by atoms with Crippen LogP contribution < -0.4 is 0 Å². The highest BCUT2D eigenvalue weighted by atomic mass is 16.6. The fourth-order valence-electron chi connectivity index (χ4n) is 4.22. The lowest BCUT2D eigenvalue weighted by atomic mass is 9.74. The molecule has 24 heavy (non-hydrogen) atoms. The number of unbranched alkanes of at least 4 members (excludes halogenated alkanes) is 3. The first-order valence-corrected chi connectivity index (χ1v) is 10.3. The molecule has 0 aromatic heterocycles. The number of hydrogen-bond acceptors (Lipinski definition) is 2. The lowest BCUT2D eigenvalue weighted by Crippen LogP contribution is -2.52. The molecule has 1 amide bonds. The van der Waals surface area contributed by atoms with E-state index in [9.17, 15) is 4.79 Å². The van der Waals surface area contributed by atoms with E-state index in [4.69, 9.17) is 4.74 Å². The number of carbonyl (C=O) groups is 1. The minimum absolute atomic E-state index is 0.0313. The maximum atomic E-state index is 12.9. The van der Waals surface area contributed by atoms with Gasteiger partial charge >= 0.3 is 6.09 Å². The predicted octanol–water partition coefficient (Wildman–Crippen LogP) is 6.55. The van der Waals surface area contributed by atoms with Crippen LogP contribution in [0, 0.1) is 5.92 Å². The number of amides is 1. The maximum Gasteiger partial charge on any atom is 0.410 e. The maximum absolute atomic E-state index is 12.9. The van der Waals surface area contributed by atoms with Crippen LogP contribution in [0.1, 0.15) is 106 Å². The molecule has 1 aliphatic rings. The summed E-state index contributed by atoms with van der Waals surface area (Å²) in [6.45, 7) is 13.5. The third kappa shape index (κ3) is 5.67. The van der Waals surface area contributed by atoms with Gasteiger partial charge in [-0.25, -0.2) is 4.79 Å². The molecule has 142 valence electrons. The molecule has 1 saturated heterocycles. The van der Waals surface area contributed by atoms with Crippen molar-refractivity contribution in [1.29, 1.82) is 0 Å². The Bertz CT molecular complexity index is 365. The van der Waals surface area contributed by atoms with E-state index in [-0.39, 0.29) is 11.6 Å². The Morgan fingerprint density at radius 3 is 2.04 bits per heavy atom. The topological polar surface area (TPSA) is 29.5 Å². The third-order valence-electron chi connectivity index (χ3n) is 5.45. The highest BCUT2D eigenvalue weighted by molar-refractivity contribution is 5.70. The van der Waals surface area contributed by atoms with Gasteiger partial charge < -0.3 is 9.64 Å². The van der Waals surface area contributed by atoms with Crippen molar-refractivity contribution in [2.45, 2.75) is 117 Å². The normalized spacial score (nSPS) is 20.4. The number of nitrogens with zero attached hydrogens (tertiary/aromatic N) is 1. The number of ether oxygens (including phenoxy) is 1. The van der Waals surface area contributed by atoms with Crippen LogP contribution in [-0.4, -0.2) is 28.7 Å². The predicted molar refractivity (Wildman–Crippen MR) is 102 cm³/mol. The summed E-state index contributed by atoms with van der Waals surface area (Å²) in [5.41, 5.74) is -0.386. The number of rotatable bonds is 9. The summed E-state index contributed by atoms with van der Waals surface area (Å²) in [4.78, 5) is 15.1. The van der Waals surface area contributed by atoms with Crippen molar-refractivity contribution in [2.75, 3.05) is 6.54 Å². The molecule has 0 N–H and O–H groups in total. The van der Waals surface area contributed by atoms with E-state index in [0.717, 1.165) is 25.8 Å². The van der Waals surface area contributed by atoms with Crippen LogP contribution in [-0.2, 0) is 4.74 Å². The summed E-state index contributed by atoms with van der Waals surface area (Å²) in [6.07, 6.45) is 11.9. The number of carbonyl (C=O) groups excluding carboxylic acids is 1. The van der Waals surface area contributed by atoms with Crippen LogP contribution in [0.2, 0.25) is 0 Å². The van der Waals surface area contributed by atoms with E-state index in [1.54, 1.807) is 0 Å². The molecule has 1 heterocycles. The van der Waals surface area contributed by atoms with Crippen molar-refractivity contribution >= 4 is 6.09 Å². The Morgan fingerprint density at radius 1 is 1.04 bits per heavy atom. The SMILES string of the molecule is CCCCC1CCN(C(=O)OC(C)(C)C)C1(CCCC)CCCC. The van der Waals surface area contributed by atoms with Crippen LogP contribution in [0.25, 0.3) is 0 Å². The van der Waals surface area contributed by atoms with Crippen molar-refractivity contribution in [3.63, 3.8) is 0 Å². The van der Waals surface area contributed by atoms with Gasteiger partial charge in [0, 0.05) is 12.1 Å². The minimum Gasteiger partial charge on any atom is -0.444 e. The van der Waals surface area contributed by atoms with E-state index in [1.807, 2.05) is 20.8 Å². The van der Waals surface area contributed by atoms with E-state index in [0.29, 0.717) is 5.92 Å². The van der Waals surface area contributed by atoms with Crippen LogP contribution >= 0.6 is 0 Å². The number of likely N-dealkylation sites (tertiary alicyclic amines) is 1. The molecule has 3 heteroatoms. The molecule has 3 nitrogen and oxygen atoms in total. The second kappa shape index (κ2) is 9.68. The highest BCUT2D eigenvalue weighted by Gasteiger charge is 2.50. The van der Waals surface area contributed by atoms with Gasteiger partial charge in [-0.3, -0.25) is 0 Å². The Hall–Kier alpha value is -0.730. The summed E-state index contributed by atoms with van der Waals surface area (Å²) in [5, 5.41) is 0. The van der Waals surface area contributed by atoms with Crippen molar-refractivity contribution in [1.82, 2.24) is 4.90 Å². The summed E-state index contributed by atoms with van der Waals surface area (Å²) >= 11 is 0. The van der Waals surface area contributed by atoms with Crippen LogP contribution in [0.4, 0.5) is 4.79 Å². The second-order valence-corrected chi connectivity index (χ2v) is 8.57. The van der Waals surface area contributed by atoms with Gasteiger partial charge in [-0.1, -0.05) is 59.3 Å². The van der Waals surface area contributed by atoms with Gasteiger partial charge in [-0.2, -0.15) is 0 Å². The zero-order valence-corrected chi connectivity index (χ0v) is 17.1. The molecule has 1 unspecified atom stereocenters. The zero-order chi connectivity index (χ0) is 18.2. The summed E-state index contributed by atoms with van der Waals surface area (Å²) in [5.74, 6) is 0.642. The molecule has 1 rings (SSSR count). The molecule has 0 spiro atoms. The highest BCUT2D eigenvalue weighted by Crippen LogP contribution is 2.45. The van der Waals surface area contributed by atoms with Gasteiger partial charge in [0.1, 0.15) is 5.60 Å². The van der Waals surface area contributed by atoms with Gasteiger partial charge in [-0.15, -0.1) is 0 Å². The molecule has 1 atom stereocenters. The van der Waals surface area contributed by atoms with E-state index in [1.165, 1.54) is 44.9 Å². The Balaban J connectivity index is 3.05. The van der Waals surface area contributed by atoms with Gasteiger partial charge in [0.25, 0.3) is 0 Å². The quantitative estimate of drug-likeness (QED) is 0.476. The molecule has 1 fully saturated rings. The fourth-order valence-corrected chi connectivity index (χ4v) is 4.22. The molecule has 0 radical (unpaired) electrons. The molecule has 0 saturated carbocycles. The monoisotopic (exact) mass is 339 g/mol. The Kier molecular flexibility index (Phi) is 8.59. The Labute approximate surface area is 150 Å². The first-order valence-electron chi connectivity index (χ1n) is 10.3. The van der Waals surface area contributed by atoms with Crippen LogP contribution in [0.15, 0.2) is 0 Å². The molecule has 0 bridgehead atoms. The van der Waals surface area contributed by atoms with E-state index < -0.39 is 5.60 Å². The first-order chi connectivity index (χ1) is 11.3. The average Bonchev–Trinajstić information content (AvgIpc) is 2.86. The molecular weight excluding hydrogens is 298 g/mol. The van der Waals surface area contributed by atoms with Crippen molar-refractivity contribution < 1.29 is 9.53 Å². The lowest BCUT2D eigenvalue weighted by Gasteiger charge is -2.43. The van der Waals surface area contributed by atoms with Crippen molar-refractivity contribution in [3.05, 3.63) is 0 Å². The van der Waals surface area contributed by atoms with Crippen LogP contribution in [0.5, 0.6) is 0 Å². The van der Waals surface area contributed by atoms with Gasteiger partial charge in [0.2, 0.25) is 0 Å².